The first-order valence-corrected chi connectivity index (χ1v) is 6.51. The van der Waals surface area contributed by atoms with Crippen LogP contribution >= 0.6 is 0 Å². The summed E-state index contributed by atoms with van der Waals surface area (Å²) in [7, 11) is 0. The Kier molecular flexibility index (Phi) is 5.25. The molecule has 2 rings (SSSR count). The van der Waals surface area contributed by atoms with E-state index >= 15 is 0 Å². The number of phenols is 1. The van der Waals surface area contributed by atoms with E-state index in [4.69, 9.17) is 4.74 Å². The van der Waals surface area contributed by atoms with Crippen LogP contribution in [0.1, 0.15) is 15.9 Å². The Hall–Kier alpha value is -3.15. The number of nitrogens with one attached hydrogen (secondary N) is 1. The van der Waals surface area contributed by atoms with Gasteiger partial charge in [0.05, 0.1) is 11.8 Å². The highest BCUT2D eigenvalue weighted by atomic mass is 16.5. The largest absolute Gasteiger partial charge is 0.504 e. The topological polar surface area (TPSA) is 83.8 Å². The quantitative estimate of drug-likeness (QED) is 0.486. The number of phenolic OH excluding ortho intramolecular Hbond substituents is 1. The number of benzene rings is 1. The number of pyridine rings is 1. The summed E-state index contributed by atoms with van der Waals surface area (Å²) in [5.74, 6) is -0.117. The van der Waals surface area contributed by atoms with Gasteiger partial charge in [-0.25, -0.2) is 5.43 Å². The molecule has 0 unspecified atom stereocenters. The van der Waals surface area contributed by atoms with E-state index in [1.807, 2.05) is 0 Å². The molecule has 0 aliphatic carbocycles. The van der Waals surface area contributed by atoms with Crippen LogP contribution in [-0.4, -0.2) is 28.8 Å². The van der Waals surface area contributed by atoms with E-state index in [0.29, 0.717) is 16.9 Å². The summed E-state index contributed by atoms with van der Waals surface area (Å²) in [5, 5.41) is 13.8. The van der Waals surface area contributed by atoms with Gasteiger partial charge in [0, 0.05) is 18.0 Å². The molecular formula is C16H15N3O3. The monoisotopic (exact) mass is 297 g/mol. The molecule has 1 aromatic carbocycles. The zero-order valence-corrected chi connectivity index (χ0v) is 11.8. The molecule has 2 N–H and O–H groups in total. The first-order chi connectivity index (χ1) is 10.7. The molecule has 22 heavy (non-hydrogen) atoms. The van der Waals surface area contributed by atoms with E-state index in [-0.39, 0.29) is 18.3 Å². The molecule has 0 saturated carbocycles. The van der Waals surface area contributed by atoms with E-state index in [0.717, 1.165) is 0 Å². The second-order valence-electron chi connectivity index (χ2n) is 4.23. The number of rotatable bonds is 6. The van der Waals surface area contributed by atoms with Crippen molar-refractivity contribution < 1.29 is 14.6 Å². The third-order valence-corrected chi connectivity index (χ3v) is 2.68. The van der Waals surface area contributed by atoms with Crippen molar-refractivity contribution in [1.29, 1.82) is 0 Å². The average molecular weight is 297 g/mol. The fourth-order valence-corrected chi connectivity index (χ4v) is 1.63. The van der Waals surface area contributed by atoms with Gasteiger partial charge in [-0.1, -0.05) is 18.7 Å². The maximum absolute atomic E-state index is 11.8. The lowest BCUT2D eigenvalue weighted by Gasteiger charge is -2.07. The van der Waals surface area contributed by atoms with Gasteiger partial charge in [-0.3, -0.25) is 9.78 Å². The van der Waals surface area contributed by atoms with E-state index in [9.17, 15) is 9.90 Å². The van der Waals surface area contributed by atoms with Gasteiger partial charge in [0.1, 0.15) is 6.61 Å². The van der Waals surface area contributed by atoms with Crippen LogP contribution in [0.3, 0.4) is 0 Å². The van der Waals surface area contributed by atoms with Crippen molar-refractivity contribution in [2.24, 2.45) is 5.10 Å². The zero-order chi connectivity index (χ0) is 15.8. The van der Waals surface area contributed by atoms with Crippen LogP contribution in [0.25, 0.3) is 0 Å². The van der Waals surface area contributed by atoms with Crippen LogP contribution < -0.4 is 10.2 Å². The molecule has 6 heteroatoms. The number of aromatic hydroxyl groups is 1. The van der Waals surface area contributed by atoms with Crippen molar-refractivity contribution in [2.45, 2.75) is 0 Å². The second-order valence-corrected chi connectivity index (χ2v) is 4.23. The highest BCUT2D eigenvalue weighted by Crippen LogP contribution is 2.28. The van der Waals surface area contributed by atoms with Gasteiger partial charge in [-0.2, -0.15) is 5.10 Å². The fraction of sp³-hybridized carbons (Fsp3) is 0.0625. The number of hydrogen-bond donors (Lipinski definition) is 2. The van der Waals surface area contributed by atoms with E-state index in [1.54, 1.807) is 42.6 Å². The number of ether oxygens (including phenoxy) is 1. The van der Waals surface area contributed by atoms with E-state index in [1.165, 1.54) is 12.4 Å². The molecule has 0 spiro atoms. The normalized spacial score (nSPS) is 10.4. The maximum Gasteiger partial charge on any atom is 0.272 e. The summed E-state index contributed by atoms with van der Waals surface area (Å²) in [6, 6.07) is 8.27. The van der Waals surface area contributed by atoms with Gasteiger partial charge in [0.15, 0.2) is 11.5 Å². The number of hydrogen-bond acceptors (Lipinski definition) is 5. The predicted octanol–water partition coefficient (Wildman–Crippen LogP) is 2.12. The van der Waals surface area contributed by atoms with Gasteiger partial charge in [-0.15, -0.1) is 0 Å². The molecule has 1 amide bonds. The number of hydrazone groups is 1. The number of aromatic nitrogens is 1. The Morgan fingerprint density at radius 3 is 3.00 bits per heavy atom. The van der Waals surface area contributed by atoms with Crippen molar-refractivity contribution in [3.63, 3.8) is 0 Å². The molecule has 0 aliphatic rings. The fourth-order valence-electron chi connectivity index (χ4n) is 1.63. The second kappa shape index (κ2) is 7.58. The lowest BCUT2D eigenvalue weighted by molar-refractivity contribution is 0.0954. The third kappa shape index (κ3) is 3.92. The molecule has 6 nitrogen and oxygen atoms in total. The zero-order valence-electron chi connectivity index (χ0n) is 11.8. The SMILES string of the molecule is C=CCOc1cccc(C=NNC(=O)c2cccnc2)c1O. The third-order valence-electron chi connectivity index (χ3n) is 2.68. The van der Waals surface area contributed by atoms with Crippen LogP contribution in [-0.2, 0) is 0 Å². The standard InChI is InChI=1S/C16H15N3O3/c1-2-9-22-14-7-3-5-12(15(14)20)11-18-19-16(21)13-6-4-8-17-10-13/h2-8,10-11,20H,1,9H2,(H,19,21). The molecule has 1 aromatic heterocycles. The maximum atomic E-state index is 11.8. The molecular weight excluding hydrogens is 282 g/mol. The number of carbonyl (C=O) groups is 1. The Bertz CT molecular complexity index is 684. The van der Waals surface area contributed by atoms with E-state index < -0.39 is 0 Å². The molecule has 0 saturated heterocycles. The minimum atomic E-state index is -0.386. The lowest BCUT2D eigenvalue weighted by Crippen LogP contribution is -2.17. The van der Waals surface area contributed by atoms with E-state index in [2.05, 4.69) is 22.1 Å². The number of amides is 1. The Morgan fingerprint density at radius 1 is 1.41 bits per heavy atom. The van der Waals surface area contributed by atoms with Crippen LogP contribution in [0.5, 0.6) is 11.5 Å². The number of carbonyl (C=O) groups excluding carboxylic acids is 1. The molecule has 0 atom stereocenters. The highest BCUT2D eigenvalue weighted by molar-refractivity contribution is 5.94. The molecule has 0 bridgehead atoms. The summed E-state index contributed by atoms with van der Waals surface area (Å²) < 4.78 is 5.30. The molecule has 0 aliphatic heterocycles. The predicted molar refractivity (Wildman–Crippen MR) is 83.1 cm³/mol. The number of nitrogens with zero attached hydrogens (tertiary/aromatic N) is 2. The summed E-state index contributed by atoms with van der Waals surface area (Å²) in [5.41, 5.74) is 3.18. The minimum absolute atomic E-state index is 0.0521. The summed E-state index contributed by atoms with van der Waals surface area (Å²) >= 11 is 0. The van der Waals surface area contributed by atoms with Crippen molar-refractivity contribution >= 4 is 12.1 Å². The molecule has 0 fully saturated rings. The molecule has 1 heterocycles. The summed E-state index contributed by atoms with van der Waals surface area (Å²) in [6.07, 6.45) is 5.93. The van der Waals surface area contributed by atoms with Crippen molar-refractivity contribution in [2.75, 3.05) is 6.61 Å². The van der Waals surface area contributed by atoms with Crippen LogP contribution in [0.2, 0.25) is 0 Å². The van der Waals surface area contributed by atoms with Crippen LogP contribution in [0.4, 0.5) is 0 Å². The smallest absolute Gasteiger partial charge is 0.272 e. The summed E-state index contributed by atoms with van der Waals surface area (Å²) in [4.78, 5) is 15.6. The van der Waals surface area contributed by atoms with Crippen LogP contribution in [0.15, 0.2) is 60.5 Å². The van der Waals surface area contributed by atoms with Crippen molar-refractivity contribution in [3.8, 4) is 11.5 Å². The minimum Gasteiger partial charge on any atom is -0.504 e. The first kappa shape index (κ1) is 15.2. The first-order valence-electron chi connectivity index (χ1n) is 6.51. The molecule has 0 radical (unpaired) electrons. The summed E-state index contributed by atoms with van der Waals surface area (Å²) in [6.45, 7) is 3.82. The van der Waals surface area contributed by atoms with Crippen molar-refractivity contribution in [3.05, 3.63) is 66.5 Å². The Balaban J connectivity index is 2.04. The molecule has 2 aromatic rings. The Morgan fingerprint density at radius 2 is 2.27 bits per heavy atom. The lowest BCUT2D eigenvalue weighted by atomic mass is 10.2. The average Bonchev–Trinajstić information content (AvgIpc) is 2.56. The van der Waals surface area contributed by atoms with Gasteiger partial charge < -0.3 is 9.84 Å². The van der Waals surface area contributed by atoms with Crippen molar-refractivity contribution in [1.82, 2.24) is 10.4 Å². The van der Waals surface area contributed by atoms with Gasteiger partial charge in [0.2, 0.25) is 0 Å². The van der Waals surface area contributed by atoms with Crippen LogP contribution in [0, 0.1) is 0 Å². The molecule has 112 valence electrons. The Labute approximate surface area is 127 Å². The van der Waals surface area contributed by atoms with Gasteiger partial charge in [0.25, 0.3) is 5.91 Å². The number of para-hydroxylation sites is 1. The highest BCUT2D eigenvalue weighted by Gasteiger charge is 2.06. The van der Waals surface area contributed by atoms with Gasteiger partial charge >= 0.3 is 0 Å². The van der Waals surface area contributed by atoms with Gasteiger partial charge in [-0.05, 0) is 24.3 Å².